The van der Waals surface area contributed by atoms with E-state index in [1.165, 1.54) is 12.8 Å². The van der Waals surface area contributed by atoms with Gasteiger partial charge in [-0.1, -0.05) is 38.3 Å². The van der Waals surface area contributed by atoms with Crippen molar-refractivity contribution in [2.75, 3.05) is 26.7 Å². The number of aryl methyl sites for hydroxylation is 2. The SMILES string of the molecule is CCCCc1oc2ccc(C)cc2c1C(=O)c1ccc(OCCCN(C)CCCC)cc1.N=S(=O)=O. The highest BCUT2D eigenvalue weighted by Gasteiger charge is 2.22. The minimum absolute atomic E-state index is 0.0181. The van der Waals surface area contributed by atoms with Gasteiger partial charge in [-0.25, -0.2) is 0 Å². The molecule has 1 aromatic heterocycles. The van der Waals surface area contributed by atoms with Crippen molar-refractivity contribution >= 4 is 27.3 Å². The predicted molar refractivity (Wildman–Crippen MR) is 144 cm³/mol. The second-order valence-corrected chi connectivity index (χ2v) is 9.42. The van der Waals surface area contributed by atoms with Crippen molar-refractivity contribution in [2.24, 2.45) is 0 Å². The van der Waals surface area contributed by atoms with E-state index < -0.39 is 10.5 Å². The Morgan fingerprint density at radius 3 is 2.28 bits per heavy atom. The number of carbonyl (C=O) groups is 1. The first-order valence-corrected chi connectivity index (χ1v) is 13.6. The zero-order valence-corrected chi connectivity index (χ0v) is 22.6. The molecule has 0 aliphatic rings. The van der Waals surface area contributed by atoms with Gasteiger partial charge in [0.25, 0.3) is 0 Å². The average Bonchev–Trinajstić information content (AvgIpc) is 3.21. The lowest BCUT2D eigenvalue weighted by Gasteiger charge is -2.16. The van der Waals surface area contributed by atoms with Crippen LogP contribution in [0.4, 0.5) is 0 Å². The number of fused-ring (bicyclic) bond motifs is 1. The molecule has 196 valence electrons. The Morgan fingerprint density at radius 2 is 1.64 bits per heavy atom. The number of benzene rings is 2. The quantitative estimate of drug-likeness (QED) is 0.208. The summed E-state index contributed by atoms with van der Waals surface area (Å²) in [6, 6.07) is 13.6. The number of unbranched alkanes of at least 4 members (excludes halogenated alkanes) is 2. The van der Waals surface area contributed by atoms with E-state index >= 15 is 0 Å². The summed E-state index contributed by atoms with van der Waals surface area (Å²) in [7, 11) is -0.452. The zero-order chi connectivity index (χ0) is 26.5. The molecule has 0 atom stereocenters. The number of ketones is 1. The number of hydrogen-bond donors (Lipinski definition) is 1. The maximum Gasteiger partial charge on any atom is 0.308 e. The molecule has 0 spiro atoms. The molecule has 3 aromatic rings. The van der Waals surface area contributed by atoms with Gasteiger partial charge in [0.1, 0.15) is 17.1 Å². The van der Waals surface area contributed by atoms with Gasteiger partial charge in [-0.2, -0.15) is 13.2 Å². The number of furan rings is 1. The van der Waals surface area contributed by atoms with Crippen molar-refractivity contribution in [1.29, 1.82) is 4.78 Å². The van der Waals surface area contributed by atoms with Crippen molar-refractivity contribution < 1.29 is 22.4 Å². The molecule has 0 unspecified atom stereocenters. The van der Waals surface area contributed by atoms with Gasteiger partial charge in [-0.15, -0.1) is 0 Å². The first kappa shape index (κ1) is 29.3. The molecule has 3 rings (SSSR count). The average molecular weight is 515 g/mol. The molecule has 2 aromatic carbocycles. The van der Waals surface area contributed by atoms with Crippen LogP contribution in [0.3, 0.4) is 0 Å². The zero-order valence-electron chi connectivity index (χ0n) is 21.8. The maximum absolute atomic E-state index is 13.4. The minimum atomic E-state index is -2.61. The van der Waals surface area contributed by atoms with Gasteiger partial charge in [-0.3, -0.25) is 4.79 Å². The van der Waals surface area contributed by atoms with E-state index in [1.54, 1.807) is 0 Å². The van der Waals surface area contributed by atoms with Crippen LogP contribution in [0, 0.1) is 11.7 Å². The first-order chi connectivity index (χ1) is 17.3. The molecule has 1 heterocycles. The molecule has 0 aliphatic heterocycles. The highest BCUT2D eigenvalue weighted by atomic mass is 32.2. The van der Waals surface area contributed by atoms with Crippen molar-refractivity contribution in [1.82, 2.24) is 4.90 Å². The van der Waals surface area contributed by atoms with Crippen LogP contribution < -0.4 is 4.74 Å². The van der Waals surface area contributed by atoms with E-state index in [9.17, 15) is 4.79 Å². The monoisotopic (exact) mass is 514 g/mol. The lowest BCUT2D eigenvalue weighted by atomic mass is 9.97. The van der Waals surface area contributed by atoms with E-state index in [1.807, 2.05) is 43.3 Å². The summed E-state index contributed by atoms with van der Waals surface area (Å²) in [6.07, 6.45) is 6.28. The van der Waals surface area contributed by atoms with Crippen LogP contribution in [0.2, 0.25) is 0 Å². The molecule has 7 nitrogen and oxygen atoms in total. The number of hydrogen-bond acceptors (Lipinski definition) is 7. The van der Waals surface area contributed by atoms with Crippen LogP contribution in [0.25, 0.3) is 11.0 Å². The van der Waals surface area contributed by atoms with Gasteiger partial charge in [0, 0.05) is 23.9 Å². The number of ether oxygens (including phenoxy) is 1. The fourth-order valence-electron chi connectivity index (χ4n) is 3.94. The molecule has 0 radical (unpaired) electrons. The Hall–Kier alpha value is -2.97. The van der Waals surface area contributed by atoms with E-state index in [0.717, 1.165) is 66.8 Å². The van der Waals surface area contributed by atoms with Crippen LogP contribution in [0.5, 0.6) is 5.75 Å². The fraction of sp³-hybridized carbons (Fsp3) is 0.464. The summed E-state index contributed by atoms with van der Waals surface area (Å²) < 4.78 is 34.8. The maximum atomic E-state index is 13.4. The van der Waals surface area contributed by atoms with E-state index in [-0.39, 0.29) is 5.78 Å². The highest BCUT2D eigenvalue weighted by Crippen LogP contribution is 2.30. The second kappa shape index (κ2) is 15.2. The molecule has 0 fully saturated rings. The lowest BCUT2D eigenvalue weighted by molar-refractivity contribution is 0.103. The first-order valence-electron chi connectivity index (χ1n) is 12.5. The molecule has 0 saturated carbocycles. The predicted octanol–water partition coefficient (Wildman–Crippen LogP) is 6.44. The minimum Gasteiger partial charge on any atom is -0.494 e. The highest BCUT2D eigenvalue weighted by molar-refractivity contribution is 7.60. The summed E-state index contributed by atoms with van der Waals surface area (Å²) in [5, 5.41) is 0.911. The Bertz CT molecular complexity index is 1210. The number of carbonyl (C=O) groups excluding carboxylic acids is 1. The van der Waals surface area contributed by atoms with Gasteiger partial charge in [0.15, 0.2) is 5.78 Å². The Balaban J connectivity index is 0.00000106. The van der Waals surface area contributed by atoms with Gasteiger partial charge in [0.05, 0.1) is 12.2 Å². The Labute approximate surface area is 215 Å². The smallest absolute Gasteiger partial charge is 0.308 e. The summed E-state index contributed by atoms with van der Waals surface area (Å²) >= 11 is 0. The lowest BCUT2D eigenvalue weighted by Crippen LogP contribution is -2.22. The number of nitrogens with one attached hydrogen (secondary N) is 1. The molecule has 36 heavy (non-hydrogen) atoms. The van der Waals surface area contributed by atoms with Crippen LogP contribution >= 0.6 is 0 Å². The van der Waals surface area contributed by atoms with E-state index in [0.29, 0.717) is 17.7 Å². The largest absolute Gasteiger partial charge is 0.494 e. The van der Waals surface area contributed by atoms with Gasteiger partial charge >= 0.3 is 10.5 Å². The van der Waals surface area contributed by atoms with Crippen LogP contribution in [-0.4, -0.2) is 45.8 Å². The third-order valence-corrected chi connectivity index (χ3v) is 5.86. The Kier molecular flexibility index (Phi) is 12.4. The third-order valence-electron chi connectivity index (χ3n) is 5.86. The topological polar surface area (TPSA) is 101 Å². The van der Waals surface area contributed by atoms with Crippen LogP contribution in [0.1, 0.15) is 73.2 Å². The van der Waals surface area contributed by atoms with Gasteiger partial charge in [-0.05, 0) is 76.2 Å². The molecule has 0 aliphatic carbocycles. The van der Waals surface area contributed by atoms with E-state index in [2.05, 4.69) is 31.9 Å². The normalized spacial score (nSPS) is 10.8. The number of nitrogens with zero attached hydrogens (tertiary/aromatic N) is 1. The second-order valence-electron chi connectivity index (χ2n) is 8.95. The van der Waals surface area contributed by atoms with Crippen molar-refractivity contribution in [3.63, 3.8) is 0 Å². The summed E-state index contributed by atoms with van der Waals surface area (Å²) in [6.45, 7) is 9.25. The van der Waals surface area contributed by atoms with Crippen LogP contribution in [0.15, 0.2) is 46.9 Å². The summed E-state index contributed by atoms with van der Waals surface area (Å²) in [4.78, 5) is 15.8. The molecular formula is C28H38N2O5S. The van der Waals surface area contributed by atoms with Crippen molar-refractivity contribution in [3.05, 3.63) is 64.9 Å². The number of rotatable bonds is 13. The Morgan fingerprint density at radius 1 is 1.00 bits per heavy atom. The molecule has 0 amide bonds. The van der Waals surface area contributed by atoms with Crippen molar-refractivity contribution in [3.8, 4) is 5.75 Å². The van der Waals surface area contributed by atoms with E-state index in [4.69, 9.17) is 22.4 Å². The third kappa shape index (κ3) is 9.24. The van der Waals surface area contributed by atoms with Gasteiger partial charge < -0.3 is 14.1 Å². The molecular weight excluding hydrogens is 476 g/mol. The summed E-state index contributed by atoms with van der Waals surface area (Å²) in [5.41, 5.74) is 3.28. The van der Waals surface area contributed by atoms with Crippen LogP contribution in [-0.2, 0) is 16.9 Å². The fourth-order valence-corrected chi connectivity index (χ4v) is 3.94. The molecule has 0 saturated heterocycles. The summed E-state index contributed by atoms with van der Waals surface area (Å²) in [5.74, 6) is 1.62. The standard InChI is InChI=1S/C28H37NO3.HNO2S/c1-5-7-10-26-27(24-20-21(3)11-16-25(24)32-26)28(30)22-12-14-23(15-13-22)31-19-9-18-29(4)17-8-6-2;1-4(2)3/h11-16,20H,5-10,17-19H2,1-4H3;1H. The molecule has 0 bridgehead atoms. The van der Waals surface area contributed by atoms with Crippen molar-refractivity contribution in [2.45, 2.75) is 59.3 Å². The molecule has 1 N–H and O–H groups in total. The molecule has 8 heteroatoms. The van der Waals surface area contributed by atoms with Gasteiger partial charge in [0.2, 0.25) is 0 Å².